The zero-order valence-electron chi connectivity index (χ0n) is 13.4. The number of nitrogens with one attached hydrogen (secondary N) is 1. The highest BCUT2D eigenvalue weighted by molar-refractivity contribution is 5.95. The van der Waals surface area contributed by atoms with Crippen LogP contribution in [-0.2, 0) is 0 Å². The van der Waals surface area contributed by atoms with E-state index in [-0.39, 0.29) is 28.0 Å². The zero-order valence-corrected chi connectivity index (χ0v) is 13.4. The number of phenols is 2. The van der Waals surface area contributed by atoms with E-state index in [9.17, 15) is 15.0 Å². The van der Waals surface area contributed by atoms with E-state index in [1.807, 2.05) is 0 Å². The molecule has 0 aliphatic carbocycles. The highest BCUT2D eigenvalue weighted by atomic mass is 16.8. The van der Waals surface area contributed by atoms with Gasteiger partial charge in [0, 0.05) is 5.56 Å². The number of phenolic OH excluding ortho intramolecular Hbond substituents is 2. The van der Waals surface area contributed by atoms with Crippen LogP contribution in [-0.4, -0.2) is 38.0 Å². The minimum Gasteiger partial charge on any atom is -0.508 e. The number of hydrogen-bond donors (Lipinski definition) is 6. The summed E-state index contributed by atoms with van der Waals surface area (Å²) in [5, 5.41) is 48.5. The molecular formula is C15H16N4O7. The summed E-state index contributed by atoms with van der Waals surface area (Å²) in [7, 11) is 0. The molecule has 2 aromatic carbocycles. The average Bonchev–Trinajstić information content (AvgIpc) is 2.58. The third kappa shape index (κ3) is 5.74. The van der Waals surface area contributed by atoms with Crippen LogP contribution in [0.1, 0.15) is 21.5 Å². The summed E-state index contributed by atoms with van der Waals surface area (Å²) in [5.74, 6) is -0.832. The van der Waals surface area contributed by atoms with Crippen LogP contribution in [0.3, 0.4) is 0 Å². The van der Waals surface area contributed by atoms with Gasteiger partial charge in [-0.3, -0.25) is 15.2 Å². The smallest absolute Gasteiger partial charge is 0.271 e. The van der Waals surface area contributed by atoms with Gasteiger partial charge in [-0.05, 0) is 48.4 Å². The number of aromatic hydroxyl groups is 2. The van der Waals surface area contributed by atoms with Crippen molar-refractivity contribution in [2.24, 2.45) is 10.4 Å². The number of benzene rings is 2. The first-order valence-corrected chi connectivity index (χ1v) is 6.90. The van der Waals surface area contributed by atoms with Crippen LogP contribution >= 0.6 is 0 Å². The summed E-state index contributed by atoms with van der Waals surface area (Å²) in [4.78, 5) is 19.9. The summed E-state index contributed by atoms with van der Waals surface area (Å²) in [6.07, 6.45) is 1.28. The van der Waals surface area contributed by atoms with Gasteiger partial charge in [-0.1, -0.05) is 6.07 Å². The maximum absolute atomic E-state index is 11.8. The minimum atomic E-state index is -0.515. The number of rotatable bonds is 4. The number of carbonyl (C=O) groups is 1. The van der Waals surface area contributed by atoms with Gasteiger partial charge in [0.25, 0.3) is 5.91 Å². The molecule has 0 fully saturated rings. The van der Waals surface area contributed by atoms with Crippen LogP contribution in [0.5, 0.6) is 11.5 Å². The fourth-order valence-corrected chi connectivity index (χ4v) is 1.89. The van der Waals surface area contributed by atoms with Crippen molar-refractivity contribution in [2.45, 2.75) is 6.92 Å². The lowest BCUT2D eigenvalue weighted by molar-refractivity contribution is 0.0279. The highest BCUT2D eigenvalue weighted by Gasteiger charge is 2.11. The standard InChI is InChI=1S/C15H15N3O5.HNO2/c1-9-5-10(6-13(14(9)20)18(22)23)8-16-17-15(21)11-3-2-4-12(19)7-11;2-1-3/h2-8,19-20,22-23H,1H3,(H,17,21);(H,2,3)/b16-8+;. The molecule has 0 spiro atoms. The van der Waals surface area contributed by atoms with Crippen molar-refractivity contribution in [3.63, 3.8) is 0 Å². The molecule has 1 amide bonds. The lowest BCUT2D eigenvalue weighted by Crippen LogP contribution is -2.17. The van der Waals surface area contributed by atoms with Crippen molar-refractivity contribution in [1.82, 2.24) is 5.43 Å². The number of carbonyl (C=O) groups excluding carboxylic acids is 1. The van der Waals surface area contributed by atoms with E-state index in [2.05, 4.69) is 10.5 Å². The largest absolute Gasteiger partial charge is 0.508 e. The van der Waals surface area contributed by atoms with Gasteiger partial charge in [0.05, 0.1) is 6.21 Å². The topological polar surface area (TPSA) is 175 Å². The SMILES string of the molecule is Cc1cc(/C=N/NC(=O)c2cccc(O)c2)cc(N(O)O)c1O.O=NO. The molecular weight excluding hydrogens is 348 g/mol. The molecule has 2 rings (SSSR count). The van der Waals surface area contributed by atoms with Crippen LogP contribution in [0.15, 0.2) is 46.8 Å². The van der Waals surface area contributed by atoms with Gasteiger partial charge in [0.15, 0.2) is 5.34 Å². The Bertz CT molecular complexity index is 809. The average molecular weight is 364 g/mol. The third-order valence-electron chi connectivity index (χ3n) is 3.01. The number of amides is 1. The molecule has 0 aliphatic rings. The Hall–Kier alpha value is -3.70. The summed E-state index contributed by atoms with van der Waals surface area (Å²) in [5.41, 5.74) is 3.13. The van der Waals surface area contributed by atoms with Crippen LogP contribution in [0.2, 0.25) is 0 Å². The molecule has 0 saturated heterocycles. The van der Waals surface area contributed by atoms with Gasteiger partial charge in [-0.15, -0.1) is 10.1 Å². The Balaban J connectivity index is 0.00000105. The first kappa shape index (κ1) is 20.3. The molecule has 6 N–H and O–H groups in total. The predicted molar refractivity (Wildman–Crippen MR) is 89.6 cm³/mol. The summed E-state index contributed by atoms with van der Waals surface area (Å²) in [6.45, 7) is 1.57. The Kier molecular flexibility index (Phi) is 7.48. The van der Waals surface area contributed by atoms with E-state index in [0.29, 0.717) is 11.1 Å². The van der Waals surface area contributed by atoms with Gasteiger partial charge >= 0.3 is 0 Å². The van der Waals surface area contributed by atoms with Crippen molar-refractivity contribution in [3.05, 3.63) is 58.0 Å². The van der Waals surface area contributed by atoms with Gasteiger partial charge in [-0.2, -0.15) is 5.10 Å². The van der Waals surface area contributed by atoms with Crippen molar-refractivity contribution in [1.29, 1.82) is 0 Å². The maximum atomic E-state index is 11.8. The van der Waals surface area contributed by atoms with E-state index >= 15 is 0 Å². The van der Waals surface area contributed by atoms with Gasteiger partial charge in [0.1, 0.15) is 17.2 Å². The molecule has 0 bridgehead atoms. The van der Waals surface area contributed by atoms with Crippen molar-refractivity contribution >= 4 is 17.8 Å². The van der Waals surface area contributed by atoms with Crippen molar-refractivity contribution in [3.8, 4) is 11.5 Å². The molecule has 0 radical (unpaired) electrons. The van der Waals surface area contributed by atoms with Gasteiger partial charge in [0.2, 0.25) is 0 Å². The molecule has 0 aliphatic heterocycles. The summed E-state index contributed by atoms with van der Waals surface area (Å²) >= 11 is 0. The van der Waals surface area contributed by atoms with Crippen LogP contribution in [0.4, 0.5) is 5.69 Å². The lowest BCUT2D eigenvalue weighted by Gasteiger charge is -2.12. The van der Waals surface area contributed by atoms with Gasteiger partial charge in [-0.25, -0.2) is 5.43 Å². The minimum absolute atomic E-state index is 0.0357. The number of aryl methyl sites for hydroxylation is 1. The molecule has 0 heterocycles. The second-order valence-corrected chi connectivity index (χ2v) is 4.83. The van der Waals surface area contributed by atoms with E-state index in [1.54, 1.807) is 13.0 Å². The first-order valence-electron chi connectivity index (χ1n) is 6.90. The molecule has 0 saturated carbocycles. The van der Waals surface area contributed by atoms with Crippen LogP contribution in [0.25, 0.3) is 0 Å². The molecule has 11 nitrogen and oxygen atoms in total. The quantitative estimate of drug-likeness (QED) is 0.271. The molecule has 0 aromatic heterocycles. The third-order valence-corrected chi connectivity index (χ3v) is 3.01. The fraction of sp³-hybridized carbons (Fsp3) is 0.0667. The monoisotopic (exact) mass is 364 g/mol. The van der Waals surface area contributed by atoms with E-state index < -0.39 is 5.91 Å². The predicted octanol–water partition coefficient (Wildman–Crippen LogP) is 1.90. The number of hydrazone groups is 1. The van der Waals surface area contributed by atoms with Crippen molar-refractivity contribution in [2.75, 3.05) is 5.23 Å². The molecule has 11 heteroatoms. The summed E-state index contributed by atoms with van der Waals surface area (Å²) < 4.78 is 0. The Morgan fingerprint density at radius 3 is 2.42 bits per heavy atom. The first-order chi connectivity index (χ1) is 12.3. The number of anilines is 1. The Morgan fingerprint density at radius 1 is 1.19 bits per heavy atom. The number of nitrogens with zero attached hydrogens (tertiary/aromatic N) is 3. The highest BCUT2D eigenvalue weighted by Crippen LogP contribution is 2.30. The molecule has 2 aromatic rings. The van der Waals surface area contributed by atoms with Crippen LogP contribution < -0.4 is 10.7 Å². The molecule has 138 valence electrons. The van der Waals surface area contributed by atoms with E-state index in [1.165, 1.54) is 41.9 Å². The lowest BCUT2D eigenvalue weighted by atomic mass is 10.1. The Morgan fingerprint density at radius 2 is 1.85 bits per heavy atom. The van der Waals surface area contributed by atoms with E-state index in [4.69, 9.17) is 20.5 Å². The molecule has 0 atom stereocenters. The zero-order chi connectivity index (χ0) is 19.7. The summed E-state index contributed by atoms with van der Waals surface area (Å²) in [6, 6.07) is 8.60. The Labute approximate surface area is 146 Å². The fourth-order valence-electron chi connectivity index (χ4n) is 1.89. The number of hydrogen-bond acceptors (Lipinski definition) is 9. The second-order valence-electron chi connectivity index (χ2n) is 4.83. The van der Waals surface area contributed by atoms with Gasteiger partial charge < -0.3 is 15.4 Å². The second kappa shape index (κ2) is 9.56. The molecule has 26 heavy (non-hydrogen) atoms. The van der Waals surface area contributed by atoms with E-state index in [0.717, 1.165) is 0 Å². The van der Waals surface area contributed by atoms with Crippen LogP contribution in [0, 0.1) is 11.8 Å². The maximum Gasteiger partial charge on any atom is 0.271 e. The van der Waals surface area contributed by atoms with Crippen molar-refractivity contribution < 1.29 is 30.6 Å². The molecule has 0 unspecified atom stereocenters. The normalized spacial score (nSPS) is 9.96.